The van der Waals surface area contributed by atoms with Crippen molar-refractivity contribution in [3.05, 3.63) is 20.2 Å². The van der Waals surface area contributed by atoms with Crippen molar-refractivity contribution in [1.82, 2.24) is 0 Å². The summed E-state index contributed by atoms with van der Waals surface area (Å²) >= 11 is 0. The Labute approximate surface area is 140 Å². The van der Waals surface area contributed by atoms with Gasteiger partial charge < -0.3 is 14.7 Å². The summed E-state index contributed by atoms with van der Waals surface area (Å²) in [4.78, 5) is 29.8. The van der Waals surface area contributed by atoms with Gasteiger partial charge in [-0.2, -0.15) is 0 Å². The lowest BCUT2D eigenvalue weighted by Gasteiger charge is -2.29. The van der Waals surface area contributed by atoms with Crippen LogP contribution in [-0.2, 0) is 14.4 Å². The van der Waals surface area contributed by atoms with Crippen molar-refractivity contribution in [2.75, 3.05) is 6.61 Å². The van der Waals surface area contributed by atoms with E-state index in [1.807, 2.05) is 0 Å². The molecule has 140 valence electrons. The van der Waals surface area contributed by atoms with Gasteiger partial charge in [0.15, 0.2) is 0 Å². The smallest absolute Gasteiger partial charge is 0.297 e. The highest BCUT2D eigenvalue weighted by Gasteiger charge is 2.51. The molecule has 10 heteroatoms. The molecule has 0 aromatic heterocycles. The standard InChI is InChI=1S/C14H26N2O8/c1-2-3-4-5-6-7-8-9-14(24-16(20)21)13(17)10-12(23-14)11-22-15(18)19/h12-13,17H,2-11H2,1H3. The predicted octanol–water partition coefficient (Wildman–Crippen LogP) is 2.39. The van der Waals surface area contributed by atoms with Crippen molar-refractivity contribution >= 4 is 0 Å². The number of hydrogen-bond donors (Lipinski definition) is 1. The molecule has 0 aromatic carbocycles. The number of aliphatic hydroxyl groups is 1. The second-order valence-corrected chi connectivity index (χ2v) is 6.01. The molecule has 0 amide bonds. The third kappa shape index (κ3) is 6.83. The number of nitrogens with zero attached hydrogens (tertiary/aromatic N) is 2. The lowest BCUT2D eigenvalue weighted by atomic mass is 10.00. The Morgan fingerprint density at radius 3 is 2.33 bits per heavy atom. The van der Waals surface area contributed by atoms with Gasteiger partial charge >= 0.3 is 0 Å². The van der Waals surface area contributed by atoms with Crippen molar-refractivity contribution < 1.29 is 29.7 Å². The molecule has 0 aliphatic carbocycles. The molecule has 1 heterocycles. The molecule has 0 saturated carbocycles. The van der Waals surface area contributed by atoms with Crippen molar-refractivity contribution in [1.29, 1.82) is 0 Å². The largest absolute Gasteiger partial charge is 0.388 e. The normalized spacial score (nSPS) is 26.2. The maximum atomic E-state index is 10.7. The van der Waals surface area contributed by atoms with Gasteiger partial charge in [-0.05, 0) is 6.42 Å². The van der Waals surface area contributed by atoms with Gasteiger partial charge in [-0.3, -0.25) is 4.84 Å². The second-order valence-electron chi connectivity index (χ2n) is 6.01. The van der Waals surface area contributed by atoms with Crippen LogP contribution in [0.25, 0.3) is 0 Å². The number of rotatable bonds is 13. The zero-order valence-electron chi connectivity index (χ0n) is 13.9. The summed E-state index contributed by atoms with van der Waals surface area (Å²) < 4.78 is 5.42. The van der Waals surface area contributed by atoms with Crippen LogP contribution >= 0.6 is 0 Å². The molecule has 10 nitrogen and oxygen atoms in total. The highest BCUT2D eigenvalue weighted by molar-refractivity contribution is 4.89. The Hall–Kier alpha value is -1.68. The van der Waals surface area contributed by atoms with Crippen molar-refractivity contribution in [3.8, 4) is 0 Å². The Morgan fingerprint density at radius 2 is 1.75 bits per heavy atom. The van der Waals surface area contributed by atoms with E-state index in [0.29, 0.717) is 6.42 Å². The summed E-state index contributed by atoms with van der Waals surface area (Å²) in [6.07, 6.45) is 5.12. The minimum atomic E-state index is -1.77. The summed E-state index contributed by atoms with van der Waals surface area (Å²) in [5.74, 6) is -1.77. The molecule has 3 atom stereocenters. The van der Waals surface area contributed by atoms with Gasteiger partial charge in [0.2, 0.25) is 5.79 Å². The Bertz CT molecular complexity index is 408. The molecule has 1 rings (SSSR count). The van der Waals surface area contributed by atoms with Crippen LogP contribution in [0.5, 0.6) is 0 Å². The fourth-order valence-electron chi connectivity index (χ4n) is 2.89. The summed E-state index contributed by atoms with van der Waals surface area (Å²) in [7, 11) is 0. The molecule has 0 spiro atoms. The number of unbranched alkanes of at least 4 members (excludes halogenated alkanes) is 6. The van der Waals surface area contributed by atoms with E-state index in [-0.39, 0.29) is 12.8 Å². The molecular formula is C14H26N2O8. The maximum Gasteiger partial charge on any atom is 0.297 e. The molecule has 1 fully saturated rings. The maximum absolute atomic E-state index is 10.7. The minimum Gasteiger partial charge on any atom is -0.388 e. The Morgan fingerprint density at radius 1 is 1.12 bits per heavy atom. The zero-order valence-corrected chi connectivity index (χ0v) is 13.9. The summed E-state index contributed by atoms with van der Waals surface area (Å²) in [6, 6.07) is 0. The third-order valence-corrected chi connectivity index (χ3v) is 4.08. The Balaban J connectivity index is 2.47. The highest BCUT2D eigenvalue weighted by atomic mass is 17.0. The first kappa shape index (κ1) is 20.4. The molecule has 0 bridgehead atoms. The van der Waals surface area contributed by atoms with Crippen LogP contribution in [-0.4, -0.2) is 39.9 Å². The van der Waals surface area contributed by atoms with Crippen LogP contribution in [0.1, 0.15) is 64.7 Å². The zero-order chi connectivity index (χ0) is 18.0. The fraction of sp³-hybridized carbons (Fsp3) is 1.00. The van der Waals surface area contributed by atoms with E-state index in [1.54, 1.807) is 0 Å². The van der Waals surface area contributed by atoms with E-state index >= 15 is 0 Å². The van der Waals surface area contributed by atoms with E-state index < -0.39 is 34.8 Å². The highest BCUT2D eigenvalue weighted by Crippen LogP contribution is 2.36. The lowest BCUT2D eigenvalue weighted by molar-refractivity contribution is -0.799. The molecule has 0 radical (unpaired) electrons. The fourth-order valence-corrected chi connectivity index (χ4v) is 2.89. The Kier molecular flexibility index (Phi) is 8.69. The monoisotopic (exact) mass is 350 g/mol. The van der Waals surface area contributed by atoms with Gasteiger partial charge in [-0.25, -0.2) is 0 Å². The van der Waals surface area contributed by atoms with E-state index in [4.69, 9.17) is 4.74 Å². The quantitative estimate of drug-likeness (QED) is 0.304. The van der Waals surface area contributed by atoms with E-state index in [0.717, 1.165) is 32.1 Å². The van der Waals surface area contributed by atoms with Crippen molar-refractivity contribution in [2.24, 2.45) is 0 Å². The first-order valence-electron chi connectivity index (χ1n) is 8.36. The SMILES string of the molecule is CCCCCCCCCC1(O[N+](=O)[O-])OC(CO[N+](=O)[O-])CC1O. The number of ether oxygens (including phenoxy) is 1. The predicted molar refractivity (Wildman–Crippen MR) is 81.9 cm³/mol. The first-order chi connectivity index (χ1) is 11.4. The first-order valence-corrected chi connectivity index (χ1v) is 8.36. The topological polar surface area (TPSA) is 134 Å². The van der Waals surface area contributed by atoms with Gasteiger partial charge in [-0.1, -0.05) is 45.4 Å². The lowest BCUT2D eigenvalue weighted by Crippen LogP contribution is -2.44. The van der Waals surface area contributed by atoms with Crippen LogP contribution in [0, 0.1) is 20.2 Å². The molecule has 3 unspecified atom stereocenters. The minimum absolute atomic E-state index is 0.0157. The molecular weight excluding hydrogens is 324 g/mol. The summed E-state index contributed by atoms with van der Waals surface area (Å²) in [5, 5.41) is 29.1. The van der Waals surface area contributed by atoms with E-state index in [1.165, 1.54) is 6.42 Å². The molecule has 24 heavy (non-hydrogen) atoms. The van der Waals surface area contributed by atoms with Crippen LogP contribution in [0.15, 0.2) is 0 Å². The molecule has 1 saturated heterocycles. The number of aliphatic hydroxyl groups excluding tert-OH is 1. The van der Waals surface area contributed by atoms with Crippen molar-refractivity contribution in [2.45, 2.75) is 82.7 Å². The molecule has 0 aromatic rings. The average molecular weight is 350 g/mol. The van der Waals surface area contributed by atoms with E-state index in [9.17, 15) is 25.3 Å². The van der Waals surface area contributed by atoms with Gasteiger partial charge in [0.05, 0.1) is 6.10 Å². The summed E-state index contributed by atoms with van der Waals surface area (Å²) in [5.41, 5.74) is 0. The molecule has 1 aliphatic heterocycles. The molecule has 1 aliphatic rings. The van der Waals surface area contributed by atoms with Gasteiger partial charge in [0.25, 0.3) is 10.2 Å². The third-order valence-electron chi connectivity index (χ3n) is 4.08. The average Bonchev–Trinajstić information content (AvgIpc) is 2.80. The van der Waals surface area contributed by atoms with E-state index in [2.05, 4.69) is 16.6 Å². The summed E-state index contributed by atoms with van der Waals surface area (Å²) in [6.45, 7) is 1.74. The molecule has 1 N–H and O–H groups in total. The number of hydrogen-bond acceptors (Lipinski definition) is 8. The van der Waals surface area contributed by atoms with Gasteiger partial charge in [0, 0.05) is 12.8 Å². The van der Waals surface area contributed by atoms with Crippen molar-refractivity contribution in [3.63, 3.8) is 0 Å². The van der Waals surface area contributed by atoms with Gasteiger partial charge in [-0.15, -0.1) is 20.2 Å². The van der Waals surface area contributed by atoms with Crippen LogP contribution in [0.4, 0.5) is 0 Å². The van der Waals surface area contributed by atoms with Gasteiger partial charge in [0.1, 0.15) is 12.7 Å². The van der Waals surface area contributed by atoms with Crippen LogP contribution in [0.2, 0.25) is 0 Å². The van der Waals surface area contributed by atoms with Crippen LogP contribution in [0.3, 0.4) is 0 Å². The second kappa shape index (κ2) is 10.2. The van der Waals surface area contributed by atoms with Crippen LogP contribution < -0.4 is 0 Å².